The number of pyridine rings is 1. The van der Waals surface area contributed by atoms with Crippen molar-refractivity contribution in [3.05, 3.63) is 41.8 Å². The summed E-state index contributed by atoms with van der Waals surface area (Å²) in [6.07, 6.45) is 5.15. The van der Waals surface area contributed by atoms with E-state index in [2.05, 4.69) is 20.0 Å². The summed E-state index contributed by atoms with van der Waals surface area (Å²) in [6, 6.07) is 6.18. The van der Waals surface area contributed by atoms with Crippen LogP contribution in [0.5, 0.6) is 0 Å². The fraction of sp³-hybridized carbons (Fsp3) is 0.429. The molecule has 1 saturated heterocycles. The molecule has 3 rings (SSSR count). The normalized spacial score (nSPS) is 19.5. The van der Waals surface area contributed by atoms with E-state index in [1.54, 1.807) is 6.20 Å². The van der Waals surface area contributed by atoms with Crippen molar-refractivity contribution < 1.29 is 9.32 Å². The van der Waals surface area contributed by atoms with Gasteiger partial charge in [-0.15, -0.1) is 0 Å². The average Bonchev–Trinajstić information content (AvgIpc) is 2.98. The van der Waals surface area contributed by atoms with Crippen molar-refractivity contribution in [2.75, 3.05) is 6.54 Å². The SMILES string of the molecule is NC(=O)c1noc(CN2CCCC[C@H]2c2ccccn2)n1. The monoisotopic (exact) mass is 287 g/mol. The minimum absolute atomic E-state index is 0.0728. The van der Waals surface area contributed by atoms with E-state index in [1.807, 2.05) is 18.2 Å². The van der Waals surface area contributed by atoms with Gasteiger partial charge in [-0.1, -0.05) is 17.6 Å². The van der Waals surface area contributed by atoms with E-state index < -0.39 is 5.91 Å². The Morgan fingerprint density at radius 2 is 2.33 bits per heavy atom. The lowest BCUT2D eigenvalue weighted by Crippen LogP contribution is -2.33. The zero-order chi connectivity index (χ0) is 14.7. The van der Waals surface area contributed by atoms with Crippen LogP contribution in [-0.2, 0) is 6.54 Å². The molecule has 2 aromatic rings. The molecule has 1 aliphatic rings. The number of likely N-dealkylation sites (tertiary alicyclic amines) is 1. The molecule has 0 bridgehead atoms. The predicted octanol–water partition coefficient (Wildman–Crippen LogP) is 1.29. The molecule has 0 aromatic carbocycles. The Kier molecular flexibility index (Phi) is 3.92. The first kappa shape index (κ1) is 13.7. The van der Waals surface area contributed by atoms with E-state index in [1.165, 1.54) is 6.42 Å². The van der Waals surface area contributed by atoms with Gasteiger partial charge in [-0.25, -0.2) is 0 Å². The lowest BCUT2D eigenvalue weighted by molar-refractivity contribution is 0.0987. The van der Waals surface area contributed by atoms with Gasteiger partial charge in [-0.3, -0.25) is 14.7 Å². The summed E-state index contributed by atoms with van der Waals surface area (Å²) >= 11 is 0. The molecule has 1 fully saturated rings. The standard InChI is InChI=1S/C14H17N5O2/c15-13(20)14-17-12(21-18-14)9-19-8-4-2-6-11(19)10-5-1-3-7-16-10/h1,3,5,7,11H,2,4,6,8-9H2,(H2,15,20)/t11-/m0/s1. The average molecular weight is 287 g/mol. The highest BCUT2D eigenvalue weighted by atomic mass is 16.5. The molecular formula is C14H17N5O2. The summed E-state index contributed by atoms with van der Waals surface area (Å²) in [5, 5.41) is 3.58. The van der Waals surface area contributed by atoms with Gasteiger partial charge in [0.1, 0.15) is 0 Å². The van der Waals surface area contributed by atoms with Gasteiger partial charge in [-0.05, 0) is 31.5 Å². The Hall–Kier alpha value is -2.28. The largest absolute Gasteiger partial charge is 0.363 e. The van der Waals surface area contributed by atoms with Crippen molar-refractivity contribution >= 4 is 5.91 Å². The van der Waals surface area contributed by atoms with Crippen LogP contribution >= 0.6 is 0 Å². The molecule has 0 aliphatic carbocycles. The topological polar surface area (TPSA) is 98.1 Å². The predicted molar refractivity (Wildman–Crippen MR) is 74.1 cm³/mol. The first-order valence-electron chi connectivity index (χ1n) is 7.01. The third-order valence-corrected chi connectivity index (χ3v) is 3.67. The number of hydrogen-bond acceptors (Lipinski definition) is 6. The van der Waals surface area contributed by atoms with Crippen LogP contribution in [0.1, 0.15) is 47.5 Å². The zero-order valence-electron chi connectivity index (χ0n) is 11.6. The minimum Gasteiger partial charge on any atom is -0.363 e. The molecule has 0 spiro atoms. The van der Waals surface area contributed by atoms with Gasteiger partial charge >= 0.3 is 0 Å². The van der Waals surface area contributed by atoms with E-state index in [0.29, 0.717) is 12.4 Å². The summed E-state index contributed by atoms with van der Waals surface area (Å²) in [5.41, 5.74) is 6.18. The smallest absolute Gasteiger partial charge is 0.290 e. The first-order valence-corrected chi connectivity index (χ1v) is 7.01. The molecule has 0 radical (unpaired) electrons. The Balaban J connectivity index is 1.76. The number of carbonyl (C=O) groups is 1. The van der Waals surface area contributed by atoms with Gasteiger partial charge < -0.3 is 10.3 Å². The summed E-state index contributed by atoms with van der Waals surface area (Å²) < 4.78 is 5.09. The maximum Gasteiger partial charge on any atom is 0.290 e. The number of aromatic nitrogens is 3. The van der Waals surface area contributed by atoms with Gasteiger partial charge in [-0.2, -0.15) is 4.98 Å². The van der Waals surface area contributed by atoms with Gasteiger partial charge in [0.25, 0.3) is 11.7 Å². The third kappa shape index (κ3) is 3.08. The third-order valence-electron chi connectivity index (χ3n) is 3.67. The van der Waals surface area contributed by atoms with Crippen molar-refractivity contribution in [3.8, 4) is 0 Å². The molecule has 1 aliphatic heterocycles. The Labute approximate surface area is 122 Å². The lowest BCUT2D eigenvalue weighted by atomic mass is 9.99. The Bertz CT molecular complexity index is 613. The number of carbonyl (C=O) groups excluding carboxylic acids is 1. The van der Waals surface area contributed by atoms with Crippen LogP contribution in [0.25, 0.3) is 0 Å². The van der Waals surface area contributed by atoms with Crippen LogP contribution < -0.4 is 5.73 Å². The van der Waals surface area contributed by atoms with Crippen molar-refractivity contribution in [1.29, 1.82) is 0 Å². The second kappa shape index (κ2) is 6.01. The second-order valence-corrected chi connectivity index (χ2v) is 5.11. The molecule has 1 amide bonds. The number of amides is 1. The molecule has 110 valence electrons. The molecule has 1 atom stereocenters. The minimum atomic E-state index is -0.676. The van der Waals surface area contributed by atoms with E-state index in [4.69, 9.17) is 10.3 Å². The molecule has 21 heavy (non-hydrogen) atoms. The summed E-state index contributed by atoms with van der Waals surface area (Å²) in [5.74, 6) is -0.340. The number of primary amides is 1. The highest BCUT2D eigenvalue weighted by molar-refractivity contribution is 5.88. The maximum absolute atomic E-state index is 11.0. The van der Waals surface area contributed by atoms with Crippen molar-refractivity contribution in [3.63, 3.8) is 0 Å². The molecule has 2 aromatic heterocycles. The van der Waals surface area contributed by atoms with Crippen LogP contribution in [0.4, 0.5) is 0 Å². The molecule has 0 saturated carbocycles. The maximum atomic E-state index is 11.0. The number of hydrogen-bond donors (Lipinski definition) is 1. The van der Waals surface area contributed by atoms with Gasteiger partial charge in [0.15, 0.2) is 0 Å². The Morgan fingerprint density at radius 3 is 3.05 bits per heavy atom. The number of piperidine rings is 1. The van der Waals surface area contributed by atoms with Crippen LogP contribution in [0.3, 0.4) is 0 Å². The van der Waals surface area contributed by atoms with Gasteiger partial charge in [0, 0.05) is 6.20 Å². The highest BCUT2D eigenvalue weighted by Gasteiger charge is 2.26. The van der Waals surface area contributed by atoms with Crippen molar-refractivity contribution in [2.24, 2.45) is 5.73 Å². The molecule has 0 unspecified atom stereocenters. The fourth-order valence-electron chi connectivity index (χ4n) is 2.68. The first-order chi connectivity index (χ1) is 10.2. The van der Waals surface area contributed by atoms with Crippen molar-refractivity contribution in [2.45, 2.75) is 31.8 Å². The second-order valence-electron chi connectivity index (χ2n) is 5.11. The summed E-state index contributed by atoms with van der Waals surface area (Å²) in [6.45, 7) is 1.44. The molecule has 2 N–H and O–H groups in total. The van der Waals surface area contributed by atoms with Crippen LogP contribution in [0, 0.1) is 0 Å². The van der Waals surface area contributed by atoms with Crippen LogP contribution in [-0.4, -0.2) is 32.5 Å². The van der Waals surface area contributed by atoms with Gasteiger partial charge in [0.05, 0.1) is 18.3 Å². The van der Waals surface area contributed by atoms with E-state index in [-0.39, 0.29) is 11.9 Å². The molecule has 3 heterocycles. The molecule has 7 heteroatoms. The summed E-state index contributed by atoms with van der Waals surface area (Å²) in [4.78, 5) is 21.7. The van der Waals surface area contributed by atoms with E-state index >= 15 is 0 Å². The summed E-state index contributed by atoms with van der Waals surface area (Å²) in [7, 11) is 0. The van der Waals surface area contributed by atoms with Crippen LogP contribution in [0.2, 0.25) is 0 Å². The van der Waals surface area contributed by atoms with E-state index in [0.717, 1.165) is 25.1 Å². The molecular weight excluding hydrogens is 270 g/mol. The fourth-order valence-corrected chi connectivity index (χ4v) is 2.68. The Morgan fingerprint density at radius 1 is 1.43 bits per heavy atom. The zero-order valence-corrected chi connectivity index (χ0v) is 11.6. The molecule has 7 nitrogen and oxygen atoms in total. The number of rotatable bonds is 4. The lowest BCUT2D eigenvalue weighted by Gasteiger charge is -2.34. The quantitative estimate of drug-likeness (QED) is 0.909. The number of nitrogens with two attached hydrogens (primary N) is 1. The van der Waals surface area contributed by atoms with Crippen LogP contribution in [0.15, 0.2) is 28.9 Å². The van der Waals surface area contributed by atoms with E-state index in [9.17, 15) is 4.79 Å². The van der Waals surface area contributed by atoms with Crippen molar-refractivity contribution in [1.82, 2.24) is 20.0 Å². The highest BCUT2D eigenvalue weighted by Crippen LogP contribution is 2.30. The number of nitrogens with zero attached hydrogens (tertiary/aromatic N) is 4. The van der Waals surface area contributed by atoms with Gasteiger partial charge in [0.2, 0.25) is 5.89 Å².